The summed E-state index contributed by atoms with van der Waals surface area (Å²) in [5.41, 5.74) is 16.5. The van der Waals surface area contributed by atoms with Gasteiger partial charge in [-0.2, -0.15) is 0 Å². The zero-order valence-electron chi connectivity index (χ0n) is 13.4. The molecular formula is C15H18N4O6. The van der Waals surface area contributed by atoms with Crippen LogP contribution >= 0.6 is 0 Å². The molecule has 1 aromatic carbocycles. The number of rotatable bonds is 6. The average Bonchev–Trinajstić information content (AvgIpc) is 2.50. The molecule has 2 rings (SSSR count). The van der Waals surface area contributed by atoms with Crippen molar-refractivity contribution in [2.75, 3.05) is 5.32 Å². The van der Waals surface area contributed by atoms with Crippen LogP contribution in [0.2, 0.25) is 0 Å². The first-order valence-corrected chi connectivity index (χ1v) is 7.34. The first kappa shape index (κ1) is 18.2. The van der Waals surface area contributed by atoms with Gasteiger partial charge in [0.1, 0.15) is 12.1 Å². The van der Waals surface area contributed by atoms with Gasteiger partial charge in [-0.05, 0) is 18.6 Å². The monoisotopic (exact) mass is 350 g/mol. The molecule has 1 aliphatic rings. The van der Waals surface area contributed by atoms with Crippen LogP contribution in [0.3, 0.4) is 0 Å². The number of amides is 2. The minimum atomic E-state index is -1.25. The molecule has 0 fully saturated rings. The van der Waals surface area contributed by atoms with E-state index in [0.717, 1.165) is 0 Å². The molecule has 1 aromatic rings. The molecule has 25 heavy (non-hydrogen) atoms. The van der Waals surface area contributed by atoms with E-state index in [-0.39, 0.29) is 24.3 Å². The van der Waals surface area contributed by atoms with Gasteiger partial charge in [0.15, 0.2) is 11.5 Å². The van der Waals surface area contributed by atoms with Crippen molar-refractivity contribution in [3.8, 4) is 11.5 Å². The molecule has 0 aliphatic carbocycles. The van der Waals surface area contributed by atoms with Crippen LogP contribution in [0, 0.1) is 6.92 Å². The SMILES string of the molecule is Cc1ccc2c(c1OC(=O)[C@@H](N)CC(N)=O)OC(=O)[C@H](CC(N)=O)N2. The third-order valence-corrected chi connectivity index (χ3v) is 3.46. The molecule has 0 spiro atoms. The van der Waals surface area contributed by atoms with E-state index in [1.54, 1.807) is 19.1 Å². The van der Waals surface area contributed by atoms with Crippen molar-refractivity contribution < 1.29 is 28.7 Å². The Labute approximate surface area is 142 Å². The highest BCUT2D eigenvalue weighted by Crippen LogP contribution is 2.41. The molecule has 10 heteroatoms. The van der Waals surface area contributed by atoms with Crippen LogP contribution in [-0.2, 0) is 19.2 Å². The molecule has 0 unspecified atom stereocenters. The lowest BCUT2D eigenvalue weighted by atomic mass is 10.1. The number of carbonyl (C=O) groups is 4. The van der Waals surface area contributed by atoms with E-state index in [9.17, 15) is 19.2 Å². The number of aryl methyl sites for hydroxylation is 1. The Morgan fingerprint density at radius 2 is 1.96 bits per heavy atom. The minimum absolute atomic E-state index is 0.00894. The van der Waals surface area contributed by atoms with Gasteiger partial charge in [0, 0.05) is 0 Å². The Morgan fingerprint density at radius 3 is 2.56 bits per heavy atom. The highest BCUT2D eigenvalue weighted by molar-refractivity contribution is 5.93. The molecule has 2 amide bonds. The molecule has 0 saturated carbocycles. The molecule has 134 valence electrons. The second kappa shape index (κ2) is 7.18. The van der Waals surface area contributed by atoms with Crippen molar-refractivity contribution in [1.82, 2.24) is 0 Å². The normalized spacial score (nSPS) is 16.9. The predicted molar refractivity (Wildman–Crippen MR) is 85.5 cm³/mol. The number of benzene rings is 1. The van der Waals surface area contributed by atoms with Gasteiger partial charge >= 0.3 is 11.9 Å². The Kier molecular flexibility index (Phi) is 5.22. The van der Waals surface area contributed by atoms with Crippen LogP contribution < -0.4 is 32.0 Å². The van der Waals surface area contributed by atoms with Gasteiger partial charge in [-0.1, -0.05) is 6.07 Å². The van der Waals surface area contributed by atoms with Crippen molar-refractivity contribution in [1.29, 1.82) is 0 Å². The number of hydrogen-bond acceptors (Lipinski definition) is 8. The fourth-order valence-corrected chi connectivity index (χ4v) is 2.23. The van der Waals surface area contributed by atoms with Gasteiger partial charge in [-0.25, -0.2) is 9.59 Å². The summed E-state index contributed by atoms with van der Waals surface area (Å²) in [6, 6.07) is 1.04. The molecule has 0 bridgehead atoms. The first-order chi connectivity index (χ1) is 11.7. The third-order valence-electron chi connectivity index (χ3n) is 3.46. The quantitative estimate of drug-likeness (QED) is 0.360. The Bertz CT molecular complexity index is 748. The molecule has 7 N–H and O–H groups in total. The van der Waals surface area contributed by atoms with E-state index in [0.29, 0.717) is 11.3 Å². The molecular weight excluding hydrogens is 332 g/mol. The van der Waals surface area contributed by atoms with Crippen molar-refractivity contribution in [3.63, 3.8) is 0 Å². The number of hydrogen-bond donors (Lipinski definition) is 4. The van der Waals surface area contributed by atoms with Gasteiger partial charge in [0.05, 0.1) is 18.5 Å². The zero-order chi connectivity index (χ0) is 18.7. The summed E-state index contributed by atoms with van der Waals surface area (Å²) in [5.74, 6) is -3.08. The summed E-state index contributed by atoms with van der Waals surface area (Å²) in [5, 5.41) is 2.81. The zero-order valence-corrected chi connectivity index (χ0v) is 13.4. The molecule has 10 nitrogen and oxygen atoms in total. The van der Waals surface area contributed by atoms with Gasteiger partial charge < -0.3 is 32.0 Å². The number of ether oxygens (including phenoxy) is 2. The summed E-state index contributed by atoms with van der Waals surface area (Å²) < 4.78 is 10.4. The van der Waals surface area contributed by atoms with Crippen LogP contribution in [0.4, 0.5) is 5.69 Å². The maximum absolute atomic E-state index is 12.0. The summed E-state index contributed by atoms with van der Waals surface area (Å²) in [7, 11) is 0. The number of esters is 2. The predicted octanol–water partition coefficient (Wildman–Crippen LogP) is -1.32. The van der Waals surface area contributed by atoms with Crippen LogP contribution in [0.1, 0.15) is 18.4 Å². The van der Waals surface area contributed by atoms with Crippen LogP contribution in [0.5, 0.6) is 11.5 Å². The summed E-state index contributed by atoms with van der Waals surface area (Å²) in [4.78, 5) is 45.9. The molecule has 1 aliphatic heterocycles. The van der Waals surface area contributed by atoms with Crippen molar-refractivity contribution in [2.45, 2.75) is 31.8 Å². The van der Waals surface area contributed by atoms with Crippen molar-refractivity contribution in [3.05, 3.63) is 17.7 Å². The Morgan fingerprint density at radius 1 is 1.28 bits per heavy atom. The largest absolute Gasteiger partial charge is 0.421 e. The maximum Gasteiger partial charge on any atom is 0.334 e. The van der Waals surface area contributed by atoms with E-state index in [2.05, 4.69) is 5.32 Å². The second-order valence-corrected chi connectivity index (χ2v) is 5.57. The Balaban J connectivity index is 2.27. The summed E-state index contributed by atoms with van der Waals surface area (Å²) >= 11 is 0. The Hall–Kier alpha value is -3.14. The van der Waals surface area contributed by atoms with E-state index in [1.165, 1.54) is 0 Å². The highest BCUT2D eigenvalue weighted by atomic mass is 16.6. The molecule has 2 atom stereocenters. The standard InChI is InChI=1S/C15H18N4O6/c1-6-2-3-8-13(25-15(23)9(19-8)5-11(18)21)12(6)24-14(22)7(16)4-10(17)20/h2-3,7,9,19H,4-5,16H2,1H3,(H2,17,20)(H2,18,21)/t7-,9-/m0/s1. The van der Waals surface area contributed by atoms with Crippen LogP contribution in [-0.4, -0.2) is 35.8 Å². The average molecular weight is 350 g/mol. The van der Waals surface area contributed by atoms with Crippen LogP contribution in [0.15, 0.2) is 12.1 Å². The van der Waals surface area contributed by atoms with E-state index >= 15 is 0 Å². The number of fused-ring (bicyclic) bond motifs is 1. The summed E-state index contributed by atoms with van der Waals surface area (Å²) in [6.45, 7) is 1.63. The number of carbonyl (C=O) groups excluding carboxylic acids is 4. The maximum atomic E-state index is 12.0. The molecule has 0 radical (unpaired) electrons. The lowest BCUT2D eigenvalue weighted by molar-refractivity contribution is -0.140. The fraction of sp³-hybridized carbons (Fsp3) is 0.333. The number of nitrogens with one attached hydrogen (secondary N) is 1. The molecule has 1 heterocycles. The van der Waals surface area contributed by atoms with E-state index in [1.807, 2.05) is 0 Å². The second-order valence-electron chi connectivity index (χ2n) is 5.57. The number of anilines is 1. The van der Waals surface area contributed by atoms with E-state index in [4.69, 9.17) is 26.7 Å². The third kappa shape index (κ3) is 4.23. The lowest BCUT2D eigenvalue weighted by Gasteiger charge is -2.26. The first-order valence-electron chi connectivity index (χ1n) is 7.34. The van der Waals surface area contributed by atoms with Crippen molar-refractivity contribution in [2.24, 2.45) is 17.2 Å². The topological polar surface area (TPSA) is 177 Å². The summed E-state index contributed by atoms with van der Waals surface area (Å²) in [6.07, 6.45) is -0.629. The van der Waals surface area contributed by atoms with E-state index < -0.39 is 35.8 Å². The molecule has 0 aromatic heterocycles. The molecule has 0 saturated heterocycles. The van der Waals surface area contributed by atoms with Gasteiger partial charge in [-0.3, -0.25) is 9.59 Å². The van der Waals surface area contributed by atoms with Gasteiger partial charge in [-0.15, -0.1) is 0 Å². The van der Waals surface area contributed by atoms with Gasteiger partial charge in [0.25, 0.3) is 0 Å². The minimum Gasteiger partial charge on any atom is -0.421 e. The number of primary amides is 2. The lowest BCUT2D eigenvalue weighted by Crippen LogP contribution is -2.41. The number of nitrogens with two attached hydrogens (primary N) is 3. The smallest absolute Gasteiger partial charge is 0.334 e. The van der Waals surface area contributed by atoms with Gasteiger partial charge in [0.2, 0.25) is 11.8 Å². The van der Waals surface area contributed by atoms with Crippen molar-refractivity contribution >= 4 is 29.4 Å². The highest BCUT2D eigenvalue weighted by Gasteiger charge is 2.33. The fourth-order valence-electron chi connectivity index (χ4n) is 2.23. The van der Waals surface area contributed by atoms with Crippen LogP contribution in [0.25, 0.3) is 0 Å².